The zero-order valence-corrected chi connectivity index (χ0v) is 19.7. The first kappa shape index (κ1) is 22.3. The van der Waals surface area contributed by atoms with Crippen LogP contribution in [0.2, 0.25) is 0 Å². The summed E-state index contributed by atoms with van der Waals surface area (Å²) >= 11 is 1.72. The second-order valence-corrected chi connectivity index (χ2v) is 9.13. The molecule has 1 unspecified atom stereocenters. The molecule has 4 rings (SSSR count). The SMILES string of the molecule is CNCCC(Oc1ccc(CN2CCN(C)c3cc(C)ncc3C2=O)cc1)c1cccs1. The van der Waals surface area contributed by atoms with Gasteiger partial charge in [0.15, 0.2) is 0 Å². The number of amides is 1. The lowest BCUT2D eigenvalue weighted by molar-refractivity contribution is 0.0754. The van der Waals surface area contributed by atoms with E-state index in [1.165, 1.54) is 4.88 Å². The van der Waals surface area contributed by atoms with E-state index in [1.54, 1.807) is 17.5 Å². The normalized spacial score (nSPS) is 14.8. The van der Waals surface area contributed by atoms with Crippen LogP contribution >= 0.6 is 11.3 Å². The summed E-state index contributed by atoms with van der Waals surface area (Å²) in [4.78, 5) is 22.8. The molecule has 1 aliphatic rings. The summed E-state index contributed by atoms with van der Waals surface area (Å²) in [6.07, 6.45) is 2.64. The number of benzene rings is 1. The molecule has 0 fully saturated rings. The van der Waals surface area contributed by atoms with Crippen LogP contribution in [-0.4, -0.2) is 49.5 Å². The molecule has 0 spiro atoms. The molecule has 3 aromatic rings. The Bertz CT molecular complexity index is 1040. The van der Waals surface area contributed by atoms with Crippen LogP contribution in [0.3, 0.4) is 0 Å². The number of hydrogen-bond acceptors (Lipinski definition) is 6. The Kier molecular flexibility index (Phi) is 7.07. The number of ether oxygens (including phenoxy) is 1. The summed E-state index contributed by atoms with van der Waals surface area (Å²) in [5.74, 6) is 0.872. The fourth-order valence-electron chi connectivity index (χ4n) is 3.91. The Balaban J connectivity index is 1.45. The second kappa shape index (κ2) is 10.1. The number of pyridine rings is 1. The van der Waals surface area contributed by atoms with E-state index in [9.17, 15) is 4.79 Å². The molecule has 1 amide bonds. The molecule has 168 valence electrons. The summed E-state index contributed by atoms with van der Waals surface area (Å²) in [5, 5.41) is 5.28. The standard InChI is InChI=1S/C25H30N4O2S/c1-18-15-22-21(16-27-18)25(30)29(13-12-28(22)3)17-19-6-8-20(9-7-19)31-23(10-11-26-2)24-5-4-14-32-24/h4-9,14-16,23,26H,10-13,17H2,1-3H3. The summed E-state index contributed by atoms with van der Waals surface area (Å²) in [7, 11) is 3.98. The summed E-state index contributed by atoms with van der Waals surface area (Å²) in [5.41, 5.74) is 3.62. The number of thiophene rings is 1. The van der Waals surface area contributed by atoms with Crippen LogP contribution in [0.4, 0.5) is 5.69 Å². The third kappa shape index (κ3) is 5.11. The van der Waals surface area contributed by atoms with Gasteiger partial charge in [0.25, 0.3) is 5.91 Å². The first-order valence-electron chi connectivity index (χ1n) is 11.0. The fourth-order valence-corrected chi connectivity index (χ4v) is 4.70. The van der Waals surface area contributed by atoms with Crippen molar-refractivity contribution in [3.8, 4) is 5.75 Å². The Morgan fingerprint density at radius 1 is 1.22 bits per heavy atom. The highest BCUT2D eigenvalue weighted by Gasteiger charge is 2.25. The number of fused-ring (bicyclic) bond motifs is 1. The van der Waals surface area contributed by atoms with Gasteiger partial charge in [-0.1, -0.05) is 18.2 Å². The van der Waals surface area contributed by atoms with Gasteiger partial charge in [-0.15, -0.1) is 11.3 Å². The number of anilines is 1. The number of carbonyl (C=O) groups is 1. The fraction of sp³-hybridized carbons (Fsp3) is 0.360. The minimum atomic E-state index is 0.0296. The number of nitrogens with one attached hydrogen (secondary N) is 1. The van der Waals surface area contributed by atoms with Gasteiger partial charge in [0.2, 0.25) is 0 Å². The molecule has 6 nitrogen and oxygen atoms in total. The molecule has 1 aliphatic heterocycles. The third-order valence-corrected chi connectivity index (χ3v) is 6.71. The lowest BCUT2D eigenvalue weighted by atomic mass is 10.1. The topological polar surface area (TPSA) is 57.7 Å². The van der Waals surface area contributed by atoms with Crippen LogP contribution < -0.4 is 15.0 Å². The van der Waals surface area contributed by atoms with Crippen LogP contribution in [0.1, 0.15) is 39.0 Å². The maximum atomic E-state index is 13.2. The molecule has 0 saturated carbocycles. The van der Waals surface area contributed by atoms with Crippen LogP contribution in [0.25, 0.3) is 0 Å². The molecule has 1 aromatic carbocycles. The molecule has 2 aromatic heterocycles. The second-order valence-electron chi connectivity index (χ2n) is 8.15. The summed E-state index contributed by atoms with van der Waals surface area (Å²) < 4.78 is 6.29. The van der Waals surface area contributed by atoms with Gasteiger partial charge in [0.05, 0.1) is 11.3 Å². The highest BCUT2D eigenvalue weighted by Crippen LogP contribution is 2.29. The van der Waals surface area contributed by atoms with Crippen molar-refractivity contribution in [3.63, 3.8) is 0 Å². The smallest absolute Gasteiger partial charge is 0.257 e. The third-order valence-electron chi connectivity index (χ3n) is 5.75. The Hall–Kier alpha value is -2.90. The molecular formula is C25H30N4O2S. The minimum Gasteiger partial charge on any atom is -0.485 e. The summed E-state index contributed by atoms with van der Waals surface area (Å²) in [6, 6.07) is 14.3. The van der Waals surface area contributed by atoms with E-state index in [-0.39, 0.29) is 12.0 Å². The number of likely N-dealkylation sites (N-methyl/N-ethyl adjacent to an activating group) is 1. The molecule has 0 aliphatic carbocycles. The Morgan fingerprint density at radius 3 is 2.75 bits per heavy atom. The first-order valence-corrected chi connectivity index (χ1v) is 11.8. The van der Waals surface area contributed by atoms with Crippen LogP contribution in [0, 0.1) is 6.92 Å². The zero-order valence-electron chi connectivity index (χ0n) is 18.9. The number of hydrogen-bond donors (Lipinski definition) is 1. The van der Waals surface area contributed by atoms with Gasteiger partial charge in [-0.25, -0.2) is 0 Å². The van der Waals surface area contributed by atoms with Gasteiger partial charge in [0.1, 0.15) is 11.9 Å². The number of nitrogens with zero attached hydrogens (tertiary/aromatic N) is 3. The molecular weight excluding hydrogens is 420 g/mol. The van der Waals surface area contributed by atoms with E-state index in [1.807, 2.05) is 44.1 Å². The van der Waals surface area contributed by atoms with Gasteiger partial charge < -0.3 is 19.9 Å². The van der Waals surface area contributed by atoms with Crippen molar-refractivity contribution in [3.05, 3.63) is 75.7 Å². The maximum absolute atomic E-state index is 13.2. The van der Waals surface area contributed by atoms with E-state index >= 15 is 0 Å². The predicted octanol–water partition coefficient (Wildman–Crippen LogP) is 4.27. The van der Waals surface area contributed by atoms with Gasteiger partial charge in [-0.2, -0.15) is 0 Å². The number of aryl methyl sites for hydroxylation is 1. The van der Waals surface area contributed by atoms with Crippen molar-refractivity contribution in [2.75, 3.05) is 38.6 Å². The average molecular weight is 451 g/mol. The molecule has 0 radical (unpaired) electrons. The van der Waals surface area contributed by atoms with E-state index < -0.39 is 0 Å². The Labute approximate surface area is 193 Å². The highest BCUT2D eigenvalue weighted by molar-refractivity contribution is 7.10. The van der Waals surface area contributed by atoms with Gasteiger partial charge in [0, 0.05) is 49.9 Å². The quantitative estimate of drug-likeness (QED) is 0.555. The van der Waals surface area contributed by atoms with Crippen molar-refractivity contribution in [1.29, 1.82) is 0 Å². The monoisotopic (exact) mass is 450 g/mol. The van der Waals surface area contributed by atoms with E-state index in [0.29, 0.717) is 18.7 Å². The first-order chi connectivity index (χ1) is 15.5. The lowest BCUT2D eigenvalue weighted by Crippen LogP contribution is -2.33. The molecule has 1 atom stereocenters. The number of aromatic nitrogens is 1. The Morgan fingerprint density at radius 2 is 2.03 bits per heavy atom. The van der Waals surface area contributed by atoms with Crippen molar-refractivity contribution in [1.82, 2.24) is 15.2 Å². The molecule has 0 saturated heterocycles. The minimum absolute atomic E-state index is 0.0296. The van der Waals surface area contributed by atoms with Crippen LogP contribution in [-0.2, 0) is 6.54 Å². The summed E-state index contributed by atoms with van der Waals surface area (Å²) in [6.45, 7) is 4.87. The van der Waals surface area contributed by atoms with E-state index in [2.05, 4.69) is 44.8 Å². The predicted molar refractivity (Wildman–Crippen MR) is 130 cm³/mol. The maximum Gasteiger partial charge on any atom is 0.257 e. The van der Waals surface area contributed by atoms with Crippen LogP contribution in [0.15, 0.2) is 54.0 Å². The van der Waals surface area contributed by atoms with E-state index in [0.717, 1.165) is 42.2 Å². The van der Waals surface area contributed by atoms with Crippen molar-refractivity contribution < 1.29 is 9.53 Å². The molecule has 1 N–H and O–H groups in total. The highest BCUT2D eigenvalue weighted by atomic mass is 32.1. The van der Waals surface area contributed by atoms with Gasteiger partial charge in [-0.3, -0.25) is 9.78 Å². The van der Waals surface area contributed by atoms with Gasteiger partial charge in [-0.05, 0) is 55.7 Å². The zero-order chi connectivity index (χ0) is 22.5. The van der Waals surface area contributed by atoms with Crippen molar-refractivity contribution in [2.24, 2.45) is 0 Å². The average Bonchev–Trinajstić information content (AvgIpc) is 3.31. The molecule has 32 heavy (non-hydrogen) atoms. The molecule has 3 heterocycles. The molecule has 0 bridgehead atoms. The van der Waals surface area contributed by atoms with Crippen molar-refractivity contribution >= 4 is 22.9 Å². The number of carbonyl (C=O) groups excluding carboxylic acids is 1. The largest absolute Gasteiger partial charge is 0.485 e. The lowest BCUT2D eigenvalue weighted by Gasteiger charge is -2.22. The van der Waals surface area contributed by atoms with Crippen LogP contribution in [0.5, 0.6) is 5.75 Å². The molecule has 7 heteroatoms. The van der Waals surface area contributed by atoms with Gasteiger partial charge >= 0.3 is 0 Å². The van der Waals surface area contributed by atoms with Crippen molar-refractivity contribution in [2.45, 2.75) is 26.0 Å². The number of rotatable bonds is 8. The van der Waals surface area contributed by atoms with E-state index in [4.69, 9.17) is 4.74 Å².